The number of quaternary nitrogens is 1. The average molecular weight is 159 g/mol. The zero-order chi connectivity index (χ0) is 8.65. The van der Waals surface area contributed by atoms with Gasteiger partial charge in [0.25, 0.3) is 0 Å². The van der Waals surface area contributed by atoms with E-state index in [1.807, 2.05) is 0 Å². The maximum atomic E-state index is 10.5. The van der Waals surface area contributed by atoms with E-state index in [9.17, 15) is 15.0 Å². The summed E-state index contributed by atoms with van der Waals surface area (Å²) in [5, 5.41) is 19.8. The highest BCUT2D eigenvalue weighted by Gasteiger charge is 2.42. The maximum Gasteiger partial charge on any atom is 0.155 e. The Labute approximate surface area is 65.6 Å². The smallest absolute Gasteiger partial charge is 0.155 e. The summed E-state index contributed by atoms with van der Waals surface area (Å²) >= 11 is 0. The number of aliphatic hydroxyl groups excluding tert-OH is 1. The van der Waals surface area contributed by atoms with Crippen LogP contribution < -0.4 is 5.11 Å². The van der Waals surface area contributed by atoms with Gasteiger partial charge in [-0.05, 0) is 0 Å². The van der Waals surface area contributed by atoms with Gasteiger partial charge in [-0.15, -0.1) is 0 Å². The number of rotatable bonds is 1. The molecule has 64 valence electrons. The van der Waals surface area contributed by atoms with Gasteiger partial charge in [-0.2, -0.15) is 0 Å². The Morgan fingerprint density at radius 2 is 2.18 bits per heavy atom. The molecule has 1 heterocycles. The largest absolute Gasteiger partial charge is 0.544 e. The number of nitrogens with zero attached hydrogens (tertiary/aromatic N) is 1. The van der Waals surface area contributed by atoms with Crippen molar-refractivity contribution in [3.8, 4) is 0 Å². The molecule has 2 atom stereocenters. The molecule has 0 aromatic carbocycles. The third-order valence-electron chi connectivity index (χ3n) is 2.36. The van der Waals surface area contributed by atoms with Gasteiger partial charge in [0.2, 0.25) is 0 Å². The zero-order valence-corrected chi connectivity index (χ0v) is 6.78. The highest BCUT2D eigenvalue weighted by atomic mass is 16.4. The van der Waals surface area contributed by atoms with E-state index in [1.165, 1.54) is 0 Å². The standard InChI is InChI=1S/C7H13NO3/c1-8(2)4-3-5(9)6(8)7(10)11/h5-6,9H,3-4H2,1-2H3/t5-,6?/m0/s1. The number of likely N-dealkylation sites (tertiary alicyclic amines) is 1. The molecule has 11 heavy (non-hydrogen) atoms. The summed E-state index contributed by atoms with van der Waals surface area (Å²) in [6.07, 6.45) is -0.193. The van der Waals surface area contributed by atoms with Crippen molar-refractivity contribution in [1.29, 1.82) is 0 Å². The summed E-state index contributed by atoms with van der Waals surface area (Å²) in [7, 11) is 3.58. The molecule has 1 saturated heterocycles. The van der Waals surface area contributed by atoms with E-state index in [1.54, 1.807) is 14.1 Å². The highest BCUT2D eigenvalue weighted by Crippen LogP contribution is 2.21. The third-order valence-corrected chi connectivity index (χ3v) is 2.36. The van der Waals surface area contributed by atoms with Crippen molar-refractivity contribution in [3.05, 3.63) is 0 Å². The molecule has 0 saturated carbocycles. The molecule has 0 aromatic rings. The van der Waals surface area contributed by atoms with Gasteiger partial charge in [0.05, 0.1) is 20.6 Å². The van der Waals surface area contributed by atoms with Crippen LogP contribution >= 0.6 is 0 Å². The Bertz CT molecular complexity index is 179. The fourth-order valence-corrected chi connectivity index (χ4v) is 1.67. The van der Waals surface area contributed by atoms with Crippen molar-refractivity contribution in [2.75, 3.05) is 20.6 Å². The molecule has 0 radical (unpaired) electrons. The summed E-state index contributed by atoms with van der Waals surface area (Å²) in [5.74, 6) is -1.15. The van der Waals surface area contributed by atoms with E-state index in [4.69, 9.17) is 0 Å². The van der Waals surface area contributed by atoms with Crippen molar-refractivity contribution < 1.29 is 19.5 Å². The summed E-state index contributed by atoms with van der Waals surface area (Å²) in [6, 6.07) is -0.755. The molecular weight excluding hydrogens is 146 g/mol. The van der Waals surface area contributed by atoms with Gasteiger partial charge in [0, 0.05) is 6.42 Å². The van der Waals surface area contributed by atoms with E-state index >= 15 is 0 Å². The Kier molecular flexibility index (Phi) is 1.90. The lowest BCUT2D eigenvalue weighted by Crippen LogP contribution is -2.56. The summed E-state index contributed by atoms with van der Waals surface area (Å²) in [6.45, 7) is 0.694. The molecule has 1 N–H and O–H groups in total. The topological polar surface area (TPSA) is 60.4 Å². The molecular formula is C7H13NO3. The number of aliphatic carboxylic acids is 1. The van der Waals surface area contributed by atoms with Crippen LogP contribution in [0.15, 0.2) is 0 Å². The van der Waals surface area contributed by atoms with Gasteiger partial charge in [-0.1, -0.05) is 0 Å². The van der Waals surface area contributed by atoms with Crippen molar-refractivity contribution in [2.45, 2.75) is 18.6 Å². The van der Waals surface area contributed by atoms with Gasteiger partial charge in [0.15, 0.2) is 6.04 Å². The van der Waals surface area contributed by atoms with E-state index < -0.39 is 18.1 Å². The first-order valence-corrected chi connectivity index (χ1v) is 3.67. The minimum atomic E-state index is -1.15. The molecule has 0 amide bonds. The summed E-state index contributed by atoms with van der Waals surface area (Å²) in [4.78, 5) is 10.5. The predicted octanol–water partition coefficient (Wildman–Crippen LogP) is -2.05. The second kappa shape index (κ2) is 2.46. The van der Waals surface area contributed by atoms with Crippen molar-refractivity contribution in [2.24, 2.45) is 0 Å². The minimum absolute atomic E-state index is 0.323. The molecule has 1 unspecified atom stereocenters. The SMILES string of the molecule is C[N+]1(C)CC[C@H](O)C1C(=O)[O-]. The minimum Gasteiger partial charge on any atom is -0.544 e. The molecule has 4 heteroatoms. The number of carboxylic acid groups (broad SMARTS) is 1. The summed E-state index contributed by atoms with van der Waals surface area (Å²) in [5.41, 5.74) is 0. The number of hydrogen-bond acceptors (Lipinski definition) is 3. The quantitative estimate of drug-likeness (QED) is 0.448. The van der Waals surface area contributed by atoms with Crippen molar-refractivity contribution in [3.63, 3.8) is 0 Å². The average Bonchev–Trinajstić information content (AvgIpc) is 2.06. The normalized spacial score (nSPS) is 35.5. The van der Waals surface area contributed by atoms with E-state index in [0.717, 1.165) is 0 Å². The Hall–Kier alpha value is -0.610. The second-order valence-electron chi connectivity index (χ2n) is 3.62. The number of carboxylic acids is 1. The molecule has 0 aromatic heterocycles. The zero-order valence-electron chi connectivity index (χ0n) is 6.78. The maximum absolute atomic E-state index is 10.5. The fourth-order valence-electron chi connectivity index (χ4n) is 1.67. The second-order valence-corrected chi connectivity index (χ2v) is 3.62. The first-order chi connectivity index (χ1) is 4.95. The first-order valence-electron chi connectivity index (χ1n) is 3.67. The monoisotopic (exact) mass is 159 g/mol. The Balaban J connectivity index is 2.80. The van der Waals surface area contributed by atoms with Gasteiger partial charge in [-0.3, -0.25) is 0 Å². The number of likely N-dealkylation sites (N-methyl/N-ethyl adjacent to an activating group) is 1. The van der Waals surface area contributed by atoms with Crippen molar-refractivity contribution >= 4 is 5.97 Å². The van der Waals surface area contributed by atoms with E-state index in [-0.39, 0.29) is 0 Å². The number of hydrogen-bond donors (Lipinski definition) is 1. The van der Waals surface area contributed by atoms with E-state index in [0.29, 0.717) is 17.4 Å². The summed E-state index contributed by atoms with van der Waals surface area (Å²) < 4.78 is 0.323. The number of carbonyl (C=O) groups is 1. The van der Waals surface area contributed by atoms with Gasteiger partial charge >= 0.3 is 0 Å². The van der Waals surface area contributed by atoms with E-state index in [2.05, 4.69) is 0 Å². The lowest BCUT2D eigenvalue weighted by atomic mass is 10.1. The molecule has 1 aliphatic heterocycles. The fraction of sp³-hybridized carbons (Fsp3) is 0.857. The van der Waals surface area contributed by atoms with Crippen LogP contribution in [0.1, 0.15) is 6.42 Å². The molecule has 1 fully saturated rings. The van der Waals surface area contributed by atoms with Gasteiger partial charge in [-0.25, -0.2) is 0 Å². The Morgan fingerprint density at radius 3 is 2.36 bits per heavy atom. The predicted molar refractivity (Wildman–Crippen MR) is 36.4 cm³/mol. The number of carbonyl (C=O) groups excluding carboxylic acids is 1. The lowest BCUT2D eigenvalue weighted by Gasteiger charge is -2.32. The molecule has 1 aliphatic rings. The Morgan fingerprint density at radius 1 is 1.64 bits per heavy atom. The molecule has 4 nitrogen and oxygen atoms in total. The van der Waals surface area contributed by atoms with Crippen molar-refractivity contribution in [1.82, 2.24) is 0 Å². The molecule has 1 rings (SSSR count). The lowest BCUT2D eigenvalue weighted by molar-refractivity contribution is -0.897. The van der Waals surface area contributed by atoms with Crippen LogP contribution in [0.3, 0.4) is 0 Å². The highest BCUT2D eigenvalue weighted by molar-refractivity contribution is 5.70. The van der Waals surface area contributed by atoms with Gasteiger partial charge < -0.3 is 19.5 Å². The van der Waals surface area contributed by atoms with Crippen LogP contribution in [-0.4, -0.2) is 48.3 Å². The van der Waals surface area contributed by atoms with Crippen LogP contribution in [0.5, 0.6) is 0 Å². The molecule has 0 bridgehead atoms. The first kappa shape index (κ1) is 8.49. The van der Waals surface area contributed by atoms with Crippen LogP contribution in [0.25, 0.3) is 0 Å². The van der Waals surface area contributed by atoms with Crippen LogP contribution in [0.4, 0.5) is 0 Å². The molecule has 0 spiro atoms. The van der Waals surface area contributed by atoms with Crippen LogP contribution in [-0.2, 0) is 4.79 Å². The number of aliphatic hydroxyl groups is 1. The van der Waals surface area contributed by atoms with Crippen LogP contribution in [0, 0.1) is 0 Å². The van der Waals surface area contributed by atoms with Crippen LogP contribution in [0.2, 0.25) is 0 Å². The third kappa shape index (κ3) is 1.36. The van der Waals surface area contributed by atoms with Gasteiger partial charge in [0.1, 0.15) is 12.1 Å². The molecule has 0 aliphatic carbocycles.